The highest BCUT2D eigenvalue weighted by Gasteiger charge is 2.34. The van der Waals surface area contributed by atoms with Crippen molar-refractivity contribution >= 4 is 11.9 Å². The van der Waals surface area contributed by atoms with Crippen molar-refractivity contribution in [1.82, 2.24) is 0 Å². The molecular formula is C18H30O4. The van der Waals surface area contributed by atoms with E-state index in [0.717, 1.165) is 31.6 Å². The molecule has 0 heterocycles. The maximum atomic E-state index is 10.4. The van der Waals surface area contributed by atoms with Crippen LogP contribution in [0.5, 0.6) is 0 Å². The molecule has 0 aromatic carbocycles. The molecule has 0 spiro atoms. The van der Waals surface area contributed by atoms with Crippen LogP contribution in [-0.4, -0.2) is 22.2 Å². The minimum absolute atomic E-state index is 0.0289. The summed E-state index contributed by atoms with van der Waals surface area (Å²) in [6.07, 6.45) is 6.79. The molecule has 4 nitrogen and oxygen atoms in total. The van der Waals surface area contributed by atoms with E-state index in [1.165, 1.54) is 6.42 Å². The molecule has 2 N–H and O–H groups in total. The molecule has 0 saturated heterocycles. The molecule has 4 heteroatoms. The molecule has 0 bridgehead atoms. The maximum Gasteiger partial charge on any atom is 0.331 e. The summed E-state index contributed by atoms with van der Waals surface area (Å²) in [7, 11) is 0. The number of carboxylic acid groups (broad SMARTS) is 2. The third-order valence-electron chi connectivity index (χ3n) is 4.36. The molecule has 2 aliphatic rings. The molecule has 0 aromatic heterocycles. The predicted octanol–water partition coefficient (Wildman–Crippen LogP) is 4.21. The predicted molar refractivity (Wildman–Crippen MR) is 86.6 cm³/mol. The monoisotopic (exact) mass is 310 g/mol. The van der Waals surface area contributed by atoms with Gasteiger partial charge >= 0.3 is 11.9 Å². The molecule has 2 rings (SSSR count). The van der Waals surface area contributed by atoms with Crippen LogP contribution in [0.15, 0.2) is 11.6 Å². The van der Waals surface area contributed by atoms with Crippen LogP contribution in [0.3, 0.4) is 0 Å². The Kier molecular flexibility index (Phi) is 7.11. The van der Waals surface area contributed by atoms with E-state index in [1.54, 1.807) is 0 Å². The van der Waals surface area contributed by atoms with Crippen molar-refractivity contribution in [3.05, 3.63) is 11.6 Å². The summed E-state index contributed by atoms with van der Waals surface area (Å²) in [5, 5.41) is 17.1. The fraction of sp³-hybridized carbons (Fsp3) is 0.778. The van der Waals surface area contributed by atoms with Crippen LogP contribution in [0.2, 0.25) is 0 Å². The lowest BCUT2D eigenvalue weighted by atomic mass is 9.71. The van der Waals surface area contributed by atoms with Gasteiger partial charge in [0.1, 0.15) is 0 Å². The summed E-state index contributed by atoms with van der Waals surface area (Å²) in [6.45, 7) is 8.70. The van der Waals surface area contributed by atoms with Gasteiger partial charge in [-0.1, -0.05) is 33.8 Å². The molecule has 1 atom stereocenters. The van der Waals surface area contributed by atoms with Crippen LogP contribution in [0.1, 0.15) is 59.8 Å². The molecule has 22 heavy (non-hydrogen) atoms. The maximum absolute atomic E-state index is 10.4. The highest BCUT2D eigenvalue weighted by Crippen LogP contribution is 2.37. The lowest BCUT2D eigenvalue weighted by Gasteiger charge is -2.33. The van der Waals surface area contributed by atoms with Gasteiger partial charge in [0.05, 0.1) is 5.92 Å². The first-order chi connectivity index (χ1) is 10.2. The number of carboxylic acids is 2. The van der Waals surface area contributed by atoms with E-state index < -0.39 is 11.9 Å². The lowest BCUT2D eigenvalue weighted by Crippen LogP contribution is -2.30. The molecule has 2 aliphatic carbocycles. The van der Waals surface area contributed by atoms with Gasteiger partial charge in [-0.15, -0.1) is 0 Å². The van der Waals surface area contributed by atoms with E-state index >= 15 is 0 Å². The highest BCUT2D eigenvalue weighted by molar-refractivity contribution is 5.88. The Hall–Kier alpha value is -1.32. The van der Waals surface area contributed by atoms with Crippen molar-refractivity contribution in [3.8, 4) is 0 Å². The topological polar surface area (TPSA) is 74.6 Å². The van der Waals surface area contributed by atoms with Crippen molar-refractivity contribution in [3.63, 3.8) is 0 Å². The van der Waals surface area contributed by atoms with Gasteiger partial charge in [0, 0.05) is 5.57 Å². The van der Waals surface area contributed by atoms with Gasteiger partial charge in [0.25, 0.3) is 0 Å². The van der Waals surface area contributed by atoms with Crippen LogP contribution in [0.25, 0.3) is 0 Å². The van der Waals surface area contributed by atoms with Gasteiger partial charge in [-0.25, -0.2) is 4.79 Å². The van der Waals surface area contributed by atoms with E-state index in [2.05, 4.69) is 27.7 Å². The Balaban J connectivity index is 0.000000220. The van der Waals surface area contributed by atoms with Gasteiger partial charge < -0.3 is 10.2 Å². The Bertz CT molecular complexity index is 417. The molecule has 1 fully saturated rings. The Morgan fingerprint density at radius 2 is 1.59 bits per heavy atom. The minimum Gasteiger partial charge on any atom is -0.481 e. The summed E-state index contributed by atoms with van der Waals surface area (Å²) >= 11 is 0. The Morgan fingerprint density at radius 1 is 1.09 bits per heavy atom. The van der Waals surface area contributed by atoms with Crippen LogP contribution >= 0.6 is 0 Å². The van der Waals surface area contributed by atoms with Crippen molar-refractivity contribution < 1.29 is 19.8 Å². The van der Waals surface area contributed by atoms with E-state index in [9.17, 15) is 9.59 Å². The number of carbonyl (C=O) groups is 2. The van der Waals surface area contributed by atoms with E-state index in [0.29, 0.717) is 23.3 Å². The molecular weight excluding hydrogens is 280 g/mol. The number of rotatable bonds is 6. The zero-order valence-corrected chi connectivity index (χ0v) is 14.2. The smallest absolute Gasteiger partial charge is 0.331 e. The van der Waals surface area contributed by atoms with Crippen LogP contribution in [0.4, 0.5) is 0 Å². The van der Waals surface area contributed by atoms with Crippen molar-refractivity contribution in [1.29, 1.82) is 0 Å². The lowest BCUT2D eigenvalue weighted by molar-refractivity contribution is -0.146. The number of allylic oxidation sites excluding steroid dienone is 1. The fourth-order valence-corrected chi connectivity index (χ4v) is 3.25. The second kappa shape index (κ2) is 8.35. The average molecular weight is 310 g/mol. The summed E-state index contributed by atoms with van der Waals surface area (Å²) in [5.74, 6) is 1.23. The molecule has 126 valence electrons. The second-order valence-electron chi connectivity index (χ2n) is 7.59. The van der Waals surface area contributed by atoms with Gasteiger partial charge in [0.2, 0.25) is 0 Å². The average Bonchev–Trinajstić information content (AvgIpc) is 2.26. The second-order valence-corrected chi connectivity index (χ2v) is 7.59. The van der Waals surface area contributed by atoms with Crippen molar-refractivity contribution in [2.75, 3.05) is 0 Å². The summed E-state index contributed by atoms with van der Waals surface area (Å²) in [6, 6.07) is 0. The zero-order valence-electron chi connectivity index (χ0n) is 14.2. The van der Waals surface area contributed by atoms with Crippen molar-refractivity contribution in [2.24, 2.45) is 29.6 Å². The third-order valence-corrected chi connectivity index (χ3v) is 4.36. The van der Waals surface area contributed by atoms with Gasteiger partial charge in [0.15, 0.2) is 0 Å². The van der Waals surface area contributed by atoms with E-state index in [1.807, 2.05) is 6.08 Å². The summed E-state index contributed by atoms with van der Waals surface area (Å²) in [5.41, 5.74) is 0.593. The number of hydrogen-bond donors (Lipinski definition) is 2. The first-order valence-corrected chi connectivity index (χ1v) is 8.35. The Morgan fingerprint density at radius 3 is 1.95 bits per heavy atom. The molecule has 1 unspecified atom stereocenters. The molecule has 1 saturated carbocycles. The zero-order chi connectivity index (χ0) is 16.9. The number of aliphatic carboxylic acids is 2. The summed E-state index contributed by atoms with van der Waals surface area (Å²) < 4.78 is 0. The van der Waals surface area contributed by atoms with Crippen LogP contribution < -0.4 is 0 Å². The first-order valence-electron chi connectivity index (χ1n) is 8.35. The van der Waals surface area contributed by atoms with E-state index in [4.69, 9.17) is 10.2 Å². The molecule has 0 radical (unpaired) electrons. The van der Waals surface area contributed by atoms with Crippen LogP contribution in [-0.2, 0) is 9.59 Å². The first kappa shape index (κ1) is 18.7. The normalized spacial score (nSPS) is 26.5. The molecule has 0 aliphatic heterocycles. The summed E-state index contributed by atoms with van der Waals surface area (Å²) in [4.78, 5) is 20.8. The van der Waals surface area contributed by atoms with E-state index in [-0.39, 0.29) is 5.92 Å². The quantitative estimate of drug-likeness (QED) is 0.770. The third kappa shape index (κ3) is 6.20. The standard InChI is InChI=1S/C9H16O2.C9H14O2/c2*1-6(2)3-7-4-8(5-7)9(10)11/h6-8H,3-5H2,1-2H3,(H,10,11);4,6-7H,3,5H2,1-2H3,(H,10,11). The highest BCUT2D eigenvalue weighted by atomic mass is 16.4. The minimum atomic E-state index is -0.745. The van der Waals surface area contributed by atoms with Crippen molar-refractivity contribution in [2.45, 2.75) is 59.8 Å². The number of hydrogen-bond acceptors (Lipinski definition) is 2. The molecule has 0 amide bonds. The van der Waals surface area contributed by atoms with Crippen LogP contribution in [0, 0.1) is 29.6 Å². The van der Waals surface area contributed by atoms with Gasteiger partial charge in [-0.3, -0.25) is 4.79 Å². The largest absolute Gasteiger partial charge is 0.481 e. The SMILES string of the molecule is CC(C)CC1C=C(C(=O)O)C1.CC(C)CC1CC(C(=O)O)C1. The fourth-order valence-electron chi connectivity index (χ4n) is 3.25. The molecule has 0 aromatic rings. The Labute approximate surface area is 133 Å². The van der Waals surface area contributed by atoms with Gasteiger partial charge in [-0.05, 0) is 55.8 Å². The van der Waals surface area contributed by atoms with Gasteiger partial charge in [-0.2, -0.15) is 0 Å².